The van der Waals surface area contributed by atoms with Gasteiger partial charge in [-0.3, -0.25) is 4.99 Å². The minimum absolute atomic E-state index is 0.168. The third-order valence-electron chi connectivity index (χ3n) is 3.88. The molecule has 0 amide bonds. The Morgan fingerprint density at radius 2 is 1.14 bits per heavy atom. The normalized spacial score (nSPS) is 10.8. The number of aliphatic imine (C=N–C) groups is 1. The predicted octanol–water partition coefficient (Wildman–Crippen LogP) is 4.37. The first kappa shape index (κ1) is 21.2. The molecule has 0 aliphatic carbocycles. The van der Waals surface area contributed by atoms with E-state index in [2.05, 4.69) is 11.9 Å². The van der Waals surface area contributed by atoms with E-state index < -0.39 is 0 Å². The fourth-order valence-electron chi connectivity index (χ4n) is 2.52. The first-order valence-corrected chi connectivity index (χ1v) is 9.40. The lowest BCUT2D eigenvalue weighted by Crippen LogP contribution is -2.23. The van der Waals surface area contributed by atoms with Gasteiger partial charge >= 0.3 is 0 Å². The number of hydrogen-bond acceptors (Lipinski definition) is 2. The van der Waals surface area contributed by atoms with Crippen LogP contribution in [0, 0.1) is 0 Å². The zero-order valence-corrected chi connectivity index (χ0v) is 14.8. The molecule has 0 saturated heterocycles. The van der Waals surface area contributed by atoms with E-state index >= 15 is 0 Å². The molecule has 0 aliphatic heterocycles. The van der Waals surface area contributed by atoms with Gasteiger partial charge in [0, 0.05) is 19.8 Å². The predicted molar refractivity (Wildman–Crippen MR) is 97.2 cm³/mol. The maximum atomic E-state index is 5.56. The second kappa shape index (κ2) is 18.3. The topological polar surface area (TPSA) is 73.6 Å². The van der Waals surface area contributed by atoms with Crippen molar-refractivity contribution in [1.82, 2.24) is 0 Å². The van der Waals surface area contributed by atoms with E-state index in [1.165, 1.54) is 77.0 Å². The molecule has 132 valence electrons. The molecular weight excluding hydrogens is 274 g/mol. The molecule has 0 bridgehead atoms. The highest BCUT2D eigenvalue weighted by atomic mass is 16.5. The fraction of sp³-hybridized carbons (Fsp3) is 0.944. The number of guanidine groups is 1. The van der Waals surface area contributed by atoms with Crippen molar-refractivity contribution in [3.63, 3.8) is 0 Å². The second-order valence-electron chi connectivity index (χ2n) is 6.16. The molecule has 0 fully saturated rings. The van der Waals surface area contributed by atoms with E-state index in [0.29, 0.717) is 6.54 Å². The summed E-state index contributed by atoms with van der Waals surface area (Å²) < 4.78 is 5.56. The van der Waals surface area contributed by atoms with E-state index in [9.17, 15) is 0 Å². The highest BCUT2D eigenvalue weighted by Crippen LogP contribution is 2.11. The summed E-state index contributed by atoms with van der Waals surface area (Å²) in [6.07, 6.45) is 17.5. The van der Waals surface area contributed by atoms with Gasteiger partial charge in [-0.05, 0) is 12.8 Å². The largest absolute Gasteiger partial charge is 0.381 e. The third kappa shape index (κ3) is 19.2. The number of ether oxygens (including phenoxy) is 1. The van der Waals surface area contributed by atoms with Crippen molar-refractivity contribution < 1.29 is 4.74 Å². The third-order valence-corrected chi connectivity index (χ3v) is 3.88. The van der Waals surface area contributed by atoms with Crippen LogP contribution >= 0.6 is 0 Å². The molecule has 4 heteroatoms. The molecule has 22 heavy (non-hydrogen) atoms. The van der Waals surface area contributed by atoms with Crippen LogP contribution < -0.4 is 11.5 Å². The van der Waals surface area contributed by atoms with Crippen molar-refractivity contribution in [2.24, 2.45) is 16.5 Å². The van der Waals surface area contributed by atoms with Crippen LogP contribution in [-0.2, 0) is 4.74 Å². The number of unbranched alkanes of at least 4 members (excludes halogenated alkanes) is 11. The molecule has 0 spiro atoms. The van der Waals surface area contributed by atoms with Gasteiger partial charge in [-0.2, -0.15) is 0 Å². The number of hydrogen-bond donors (Lipinski definition) is 2. The van der Waals surface area contributed by atoms with E-state index in [-0.39, 0.29) is 5.96 Å². The molecular formula is C18H39N3O. The first-order chi connectivity index (χ1) is 10.8. The van der Waals surface area contributed by atoms with Gasteiger partial charge in [0.1, 0.15) is 0 Å². The van der Waals surface area contributed by atoms with Crippen molar-refractivity contribution in [2.75, 3.05) is 19.8 Å². The van der Waals surface area contributed by atoms with Gasteiger partial charge in [0.05, 0.1) is 0 Å². The molecule has 0 radical (unpaired) electrons. The Morgan fingerprint density at radius 1 is 0.682 bits per heavy atom. The Hall–Kier alpha value is -0.770. The number of nitrogens with two attached hydrogens (primary N) is 2. The Balaban J connectivity index is 2.98. The lowest BCUT2D eigenvalue weighted by Gasteiger charge is -2.04. The molecule has 4 nitrogen and oxygen atoms in total. The fourth-order valence-corrected chi connectivity index (χ4v) is 2.52. The van der Waals surface area contributed by atoms with Crippen LogP contribution in [-0.4, -0.2) is 25.7 Å². The van der Waals surface area contributed by atoms with Crippen LogP contribution in [0.15, 0.2) is 4.99 Å². The maximum absolute atomic E-state index is 5.56. The second-order valence-corrected chi connectivity index (χ2v) is 6.16. The molecule has 0 aromatic rings. The van der Waals surface area contributed by atoms with Gasteiger partial charge < -0.3 is 16.2 Å². The average molecular weight is 314 g/mol. The zero-order valence-electron chi connectivity index (χ0n) is 14.8. The van der Waals surface area contributed by atoms with Crippen molar-refractivity contribution in [1.29, 1.82) is 0 Å². The molecule has 0 unspecified atom stereocenters. The summed E-state index contributed by atoms with van der Waals surface area (Å²) in [5.41, 5.74) is 10.5. The van der Waals surface area contributed by atoms with E-state index in [0.717, 1.165) is 19.6 Å². The lowest BCUT2D eigenvalue weighted by molar-refractivity contribution is 0.129. The maximum Gasteiger partial charge on any atom is 0.185 e. The van der Waals surface area contributed by atoms with Crippen LogP contribution in [0.1, 0.15) is 90.4 Å². The van der Waals surface area contributed by atoms with Gasteiger partial charge in [0.25, 0.3) is 0 Å². The van der Waals surface area contributed by atoms with Crippen LogP contribution in [0.2, 0.25) is 0 Å². The molecule has 0 aromatic carbocycles. The van der Waals surface area contributed by atoms with Crippen molar-refractivity contribution >= 4 is 5.96 Å². The highest BCUT2D eigenvalue weighted by molar-refractivity contribution is 5.75. The monoisotopic (exact) mass is 313 g/mol. The molecule has 0 atom stereocenters. The van der Waals surface area contributed by atoms with Crippen molar-refractivity contribution in [3.05, 3.63) is 0 Å². The molecule has 0 saturated carbocycles. The molecule has 0 heterocycles. The van der Waals surface area contributed by atoms with Gasteiger partial charge in [0.15, 0.2) is 5.96 Å². The zero-order chi connectivity index (χ0) is 16.3. The van der Waals surface area contributed by atoms with Crippen LogP contribution in [0.4, 0.5) is 0 Å². The van der Waals surface area contributed by atoms with Crippen LogP contribution in [0.5, 0.6) is 0 Å². The molecule has 0 aromatic heterocycles. The Labute approximate surface area is 138 Å². The van der Waals surface area contributed by atoms with E-state index in [1.807, 2.05) is 0 Å². The van der Waals surface area contributed by atoms with Crippen molar-refractivity contribution in [2.45, 2.75) is 90.4 Å². The average Bonchev–Trinajstić information content (AvgIpc) is 2.50. The summed E-state index contributed by atoms with van der Waals surface area (Å²) in [4.78, 5) is 3.92. The Morgan fingerprint density at radius 3 is 1.64 bits per heavy atom. The number of rotatable bonds is 17. The first-order valence-electron chi connectivity index (χ1n) is 9.40. The minimum Gasteiger partial charge on any atom is -0.381 e. The van der Waals surface area contributed by atoms with Crippen LogP contribution in [0.25, 0.3) is 0 Å². The summed E-state index contributed by atoms with van der Waals surface area (Å²) >= 11 is 0. The lowest BCUT2D eigenvalue weighted by atomic mass is 10.1. The smallest absolute Gasteiger partial charge is 0.185 e. The summed E-state index contributed by atoms with van der Waals surface area (Å²) in [6, 6.07) is 0. The molecule has 0 rings (SSSR count). The van der Waals surface area contributed by atoms with Gasteiger partial charge in [0.2, 0.25) is 0 Å². The summed E-state index contributed by atoms with van der Waals surface area (Å²) in [5.74, 6) is 0.168. The Kier molecular flexibility index (Phi) is 17.6. The quantitative estimate of drug-likeness (QED) is 0.238. The minimum atomic E-state index is 0.168. The number of nitrogens with zero attached hydrogens (tertiary/aromatic N) is 1. The van der Waals surface area contributed by atoms with Gasteiger partial charge in [-0.15, -0.1) is 0 Å². The van der Waals surface area contributed by atoms with E-state index in [1.54, 1.807) is 0 Å². The Bertz CT molecular complexity index is 240. The molecule has 0 aliphatic rings. The SMILES string of the molecule is CCCCCCCCCCCCCCOCCCN=C(N)N. The van der Waals surface area contributed by atoms with Crippen LogP contribution in [0.3, 0.4) is 0 Å². The highest BCUT2D eigenvalue weighted by Gasteiger charge is 1.94. The molecule has 4 N–H and O–H groups in total. The van der Waals surface area contributed by atoms with Gasteiger partial charge in [-0.1, -0.05) is 77.6 Å². The standard InChI is InChI=1S/C18H39N3O/c1-2-3-4-5-6-7-8-9-10-11-12-13-16-22-17-14-15-21-18(19)20/h2-17H2,1H3,(H4,19,20,21). The van der Waals surface area contributed by atoms with Crippen molar-refractivity contribution in [3.8, 4) is 0 Å². The van der Waals surface area contributed by atoms with Gasteiger partial charge in [-0.25, -0.2) is 0 Å². The summed E-state index contributed by atoms with van der Waals surface area (Å²) in [6.45, 7) is 4.58. The summed E-state index contributed by atoms with van der Waals surface area (Å²) in [7, 11) is 0. The summed E-state index contributed by atoms with van der Waals surface area (Å²) in [5, 5.41) is 0. The van der Waals surface area contributed by atoms with E-state index in [4.69, 9.17) is 16.2 Å².